The molecule has 6 rings (SSSR count). The zero-order chi connectivity index (χ0) is 30.7. The van der Waals surface area contributed by atoms with Gasteiger partial charge in [-0.2, -0.15) is 4.39 Å². The number of carbonyl (C=O) groups is 2. The van der Waals surface area contributed by atoms with Gasteiger partial charge >= 0.3 is 6.09 Å². The Morgan fingerprint density at radius 1 is 1.19 bits per heavy atom. The number of rotatable bonds is 7. The number of aromatic nitrogens is 2. The molecule has 0 spiro atoms. The zero-order valence-electron chi connectivity index (χ0n) is 24.3. The minimum Gasteiger partial charge on any atom is -0.476 e. The van der Waals surface area contributed by atoms with Crippen LogP contribution >= 0.6 is 11.6 Å². The van der Waals surface area contributed by atoms with E-state index in [4.69, 9.17) is 21.1 Å². The molecule has 2 saturated heterocycles. The van der Waals surface area contributed by atoms with E-state index >= 15 is 4.39 Å². The summed E-state index contributed by atoms with van der Waals surface area (Å²) in [7, 11) is 1.62. The summed E-state index contributed by atoms with van der Waals surface area (Å²) in [6, 6.07) is 7.84. The van der Waals surface area contributed by atoms with Crippen LogP contribution in [0, 0.1) is 11.8 Å². The third-order valence-electron chi connectivity index (χ3n) is 8.32. The number of hydrogen-bond acceptors (Lipinski definition) is 7. The number of likely N-dealkylation sites (N-methyl/N-ethyl adjacent to an activating group) is 1. The maximum absolute atomic E-state index is 15.2. The van der Waals surface area contributed by atoms with Gasteiger partial charge in [0, 0.05) is 54.3 Å². The Bertz CT molecular complexity index is 1600. The Hall–Kier alpha value is -3.83. The van der Waals surface area contributed by atoms with Crippen molar-refractivity contribution in [1.82, 2.24) is 19.8 Å². The van der Waals surface area contributed by atoms with Gasteiger partial charge in [-0.25, -0.2) is 19.2 Å². The summed E-state index contributed by atoms with van der Waals surface area (Å²) >= 11 is 6.53. The van der Waals surface area contributed by atoms with Gasteiger partial charge in [0.15, 0.2) is 0 Å². The minimum atomic E-state index is -0.730. The molecule has 1 N–H and O–H groups in total. The van der Waals surface area contributed by atoms with E-state index in [0.717, 1.165) is 5.56 Å². The quantitative estimate of drug-likeness (QED) is 0.339. The number of ether oxygens (including phenoxy) is 2. The lowest BCUT2D eigenvalue weighted by atomic mass is 9.58. The van der Waals surface area contributed by atoms with Crippen LogP contribution in [0.2, 0.25) is 5.02 Å². The summed E-state index contributed by atoms with van der Waals surface area (Å²) in [5.74, 6) is -1.03. The molecule has 12 heteroatoms. The largest absolute Gasteiger partial charge is 0.476 e. The summed E-state index contributed by atoms with van der Waals surface area (Å²) < 4.78 is 40.4. The van der Waals surface area contributed by atoms with Crippen molar-refractivity contribution in [2.75, 3.05) is 25.5 Å². The van der Waals surface area contributed by atoms with Crippen LogP contribution in [0.4, 0.5) is 19.3 Å². The van der Waals surface area contributed by atoms with E-state index in [9.17, 15) is 14.0 Å². The zero-order valence-corrected chi connectivity index (χ0v) is 25.0. The molecule has 3 aliphatic rings. The number of fused-ring (bicyclic) bond motifs is 2. The second kappa shape index (κ2) is 10.7. The number of amides is 2. The lowest BCUT2D eigenvalue weighted by Crippen LogP contribution is -2.80. The summed E-state index contributed by atoms with van der Waals surface area (Å²) in [6.45, 7) is 5.89. The molecule has 0 bridgehead atoms. The van der Waals surface area contributed by atoms with Gasteiger partial charge in [0.25, 0.3) is 0 Å². The van der Waals surface area contributed by atoms with E-state index in [1.54, 1.807) is 40.0 Å². The molecule has 226 valence electrons. The molecule has 3 aromatic rings. The van der Waals surface area contributed by atoms with Crippen molar-refractivity contribution < 1.29 is 27.8 Å². The smallest absolute Gasteiger partial charge is 0.410 e. The van der Waals surface area contributed by atoms with Crippen LogP contribution in [0.1, 0.15) is 50.8 Å². The number of halogens is 3. The lowest BCUT2D eigenvalue weighted by Gasteiger charge is -2.71. The van der Waals surface area contributed by atoms with E-state index in [-0.39, 0.29) is 35.3 Å². The van der Waals surface area contributed by atoms with Gasteiger partial charge < -0.3 is 19.7 Å². The number of anilines is 1. The SMILES string of the molecule is CN(CCOc1ccc(-c2cc(F)c(NC(=O)C34C[C@H]5Cc6c(ccnc6F)[C@@H](C3)N54)cc2Cl)cn1)C(=O)OC(C)(C)C. The number of nitrogens with zero attached hydrogens (tertiary/aromatic N) is 4. The van der Waals surface area contributed by atoms with Crippen LogP contribution in [0.15, 0.2) is 42.7 Å². The summed E-state index contributed by atoms with van der Waals surface area (Å²) in [6.07, 6.45) is 4.15. The molecule has 2 fully saturated rings. The normalized spacial score (nSPS) is 21.9. The van der Waals surface area contributed by atoms with Crippen LogP contribution < -0.4 is 10.1 Å². The van der Waals surface area contributed by atoms with Crippen LogP contribution in [-0.4, -0.2) is 69.1 Å². The van der Waals surface area contributed by atoms with Gasteiger partial charge in [-0.15, -0.1) is 0 Å². The van der Waals surface area contributed by atoms with Crippen molar-refractivity contribution in [2.45, 2.75) is 63.3 Å². The average molecular weight is 612 g/mol. The summed E-state index contributed by atoms with van der Waals surface area (Å²) in [5.41, 5.74) is 1.17. The van der Waals surface area contributed by atoms with Gasteiger partial charge in [-0.3, -0.25) is 9.69 Å². The first-order valence-electron chi connectivity index (χ1n) is 14.1. The molecule has 2 amide bonds. The summed E-state index contributed by atoms with van der Waals surface area (Å²) in [4.78, 5) is 37.0. The van der Waals surface area contributed by atoms with E-state index < -0.39 is 29.0 Å². The maximum Gasteiger partial charge on any atom is 0.410 e. The highest BCUT2D eigenvalue weighted by molar-refractivity contribution is 6.33. The number of carbonyl (C=O) groups excluding carboxylic acids is 2. The molecule has 0 saturated carbocycles. The van der Waals surface area contributed by atoms with Crippen LogP contribution in [0.5, 0.6) is 5.88 Å². The van der Waals surface area contributed by atoms with Crippen molar-refractivity contribution >= 4 is 29.3 Å². The van der Waals surface area contributed by atoms with Gasteiger partial charge in [0.1, 0.15) is 23.6 Å². The molecule has 0 radical (unpaired) electrons. The van der Waals surface area contributed by atoms with Crippen molar-refractivity contribution in [2.24, 2.45) is 0 Å². The third kappa shape index (κ3) is 5.29. The third-order valence-corrected chi connectivity index (χ3v) is 8.64. The van der Waals surface area contributed by atoms with E-state index in [2.05, 4.69) is 20.2 Å². The van der Waals surface area contributed by atoms with E-state index in [1.165, 1.54) is 29.4 Å². The average Bonchev–Trinajstić information content (AvgIpc) is 2.91. The van der Waals surface area contributed by atoms with Crippen LogP contribution in [0.3, 0.4) is 0 Å². The highest BCUT2D eigenvalue weighted by Crippen LogP contribution is 2.62. The Labute approximate surface area is 253 Å². The van der Waals surface area contributed by atoms with Crippen molar-refractivity contribution in [1.29, 1.82) is 0 Å². The van der Waals surface area contributed by atoms with E-state index in [1.807, 2.05) is 6.07 Å². The predicted molar refractivity (Wildman–Crippen MR) is 156 cm³/mol. The van der Waals surface area contributed by atoms with Crippen molar-refractivity contribution in [3.05, 3.63) is 70.6 Å². The molecular formula is C31H32ClF2N5O4. The van der Waals surface area contributed by atoms with E-state index in [0.29, 0.717) is 48.4 Å². The summed E-state index contributed by atoms with van der Waals surface area (Å²) in [5, 5.41) is 2.99. The van der Waals surface area contributed by atoms with Crippen LogP contribution in [0.25, 0.3) is 11.1 Å². The predicted octanol–water partition coefficient (Wildman–Crippen LogP) is 5.77. The van der Waals surface area contributed by atoms with Crippen LogP contribution in [-0.2, 0) is 16.0 Å². The Morgan fingerprint density at radius 2 is 1.98 bits per heavy atom. The topological polar surface area (TPSA) is 96.9 Å². The molecular weight excluding hydrogens is 580 g/mol. The number of benzene rings is 1. The first-order valence-corrected chi connectivity index (χ1v) is 14.5. The molecule has 3 aliphatic heterocycles. The fourth-order valence-corrected chi connectivity index (χ4v) is 6.56. The van der Waals surface area contributed by atoms with Gasteiger partial charge in [0.2, 0.25) is 17.7 Å². The van der Waals surface area contributed by atoms with Gasteiger partial charge in [-0.1, -0.05) is 11.6 Å². The monoisotopic (exact) mass is 611 g/mol. The minimum absolute atomic E-state index is 0.00491. The fourth-order valence-electron chi connectivity index (χ4n) is 6.29. The molecule has 9 nitrogen and oxygen atoms in total. The second-order valence-corrected chi connectivity index (χ2v) is 12.7. The Kier molecular flexibility index (Phi) is 7.29. The molecule has 1 aromatic carbocycles. The first-order chi connectivity index (χ1) is 20.4. The molecule has 1 unspecified atom stereocenters. The highest BCUT2D eigenvalue weighted by atomic mass is 35.5. The Morgan fingerprint density at radius 3 is 2.70 bits per heavy atom. The number of hydrogen-bond donors (Lipinski definition) is 1. The number of piperidine rings is 1. The highest BCUT2D eigenvalue weighted by Gasteiger charge is 2.69. The van der Waals surface area contributed by atoms with Crippen molar-refractivity contribution in [3.8, 4) is 17.0 Å². The maximum atomic E-state index is 15.2. The Balaban J connectivity index is 1.07. The molecule has 0 aliphatic carbocycles. The van der Waals surface area contributed by atoms with Gasteiger partial charge in [0.05, 0.1) is 17.3 Å². The molecule has 43 heavy (non-hydrogen) atoms. The van der Waals surface area contributed by atoms with Crippen molar-refractivity contribution in [3.63, 3.8) is 0 Å². The van der Waals surface area contributed by atoms with Gasteiger partial charge in [-0.05, 0) is 69.9 Å². The number of nitrogens with one attached hydrogen (secondary N) is 1. The molecule has 2 aromatic heterocycles. The lowest BCUT2D eigenvalue weighted by molar-refractivity contribution is -0.206. The number of pyridine rings is 2. The standard InChI is InChI=1S/C31H32ClF2N5O4/c1-30(2,3)43-29(41)38(4)9-10-42-26-6-5-17(16-36-26)20-12-23(33)24(13-22(20)32)37-28(40)31-14-18-11-21-19(7-8-35-27(21)34)25(15-31)39(18)31/h5-8,12-13,16,18,25H,9-11,14-15H2,1-4H3,(H,37,40)/t18-,25-,31?/m1/s1. The molecule has 5 heterocycles. The first kappa shape index (κ1) is 29.3. The molecule has 3 atom stereocenters. The second-order valence-electron chi connectivity index (χ2n) is 12.3. The fraction of sp³-hybridized carbons (Fsp3) is 0.419.